The van der Waals surface area contributed by atoms with Crippen LogP contribution >= 0.6 is 11.6 Å². The van der Waals surface area contributed by atoms with Crippen molar-refractivity contribution in [2.75, 3.05) is 0 Å². The zero-order valence-electron chi connectivity index (χ0n) is 16.2. The summed E-state index contributed by atoms with van der Waals surface area (Å²) in [6.07, 6.45) is 1.28. The minimum absolute atomic E-state index is 0.0533. The molecule has 0 spiro atoms. The second-order valence-electron chi connectivity index (χ2n) is 6.89. The number of aryl methyl sites for hydroxylation is 2. The van der Waals surface area contributed by atoms with Gasteiger partial charge in [-0.05, 0) is 55.3 Å². The van der Waals surface area contributed by atoms with E-state index in [0.717, 1.165) is 5.56 Å². The summed E-state index contributed by atoms with van der Waals surface area (Å²) < 4.78 is 25.2. The van der Waals surface area contributed by atoms with Crippen molar-refractivity contribution in [3.05, 3.63) is 99.0 Å². The van der Waals surface area contributed by atoms with E-state index in [1.807, 2.05) is 19.1 Å². The molecule has 0 saturated heterocycles. The maximum absolute atomic E-state index is 14.1. The van der Waals surface area contributed by atoms with E-state index in [2.05, 4.69) is 0 Å². The second-order valence-corrected chi connectivity index (χ2v) is 7.30. The minimum Gasteiger partial charge on any atom is -0.452 e. The molecule has 4 rings (SSSR count). The summed E-state index contributed by atoms with van der Waals surface area (Å²) in [5.74, 6) is -1.03. The highest BCUT2D eigenvalue weighted by atomic mass is 35.5. The molecule has 0 N–H and O–H groups in total. The zero-order chi connectivity index (χ0) is 21.4. The van der Waals surface area contributed by atoms with E-state index in [4.69, 9.17) is 21.1 Å². The molecule has 0 atom stereocenters. The van der Waals surface area contributed by atoms with Gasteiger partial charge in [-0.1, -0.05) is 35.9 Å². The first kappa shape index (κ1) is 19.9. The van der Waals surface area contributed by atoms with E-state index in [9.17, 15) is 14.0 Å². The topological polar surface area (TPSA) is 52.6 Å². The van der Waals surface area contributed by atoms with Gasteiger partial charge in [-0.25, -0.2) is 9.18 Å². The third-order valence-corrected chi connectivity index (χ3v) is 5.12. The first-order chi connectivity index (χ1) is 14.3. The Morgan fingerprint density at radius 2 is 1.83 bits per heavy atom. The number of halogens is 2. The van der Waals surface area contributed by atoms with Gasteiger partial charge in [0.05, 0.1) is 16.1 Å². The van der Waals surface area contributed by atoms with Crippen molar-refractivity contribution in [2.24, 2.45) is 0 Å². The molecule has 0 amide bonds. The van der Waals surface area contributed by atoms with E-state index in [-0.39, 0.29) is 27.8 Å². The van der Waals surface area contributed by atoms with Gasteiger partial charge in [-0.15, -0.1) is 0 Å². The van der Waals surface area contributed by atoms with Gasteiger partial charge < -0.3 is 9.47 Å². The number of fused-ring (bicyclic) bond motifs is 1. The number of carbonyl (C=O) groups excluding carboxylic acids is 2. The molecule has 1 aliphatic heterocycles. The molecule has 3 aromatic carbocycles. The molecular weight excluding hydrogens is 407 g/mol. The first-order valence-corrected chi connectivity index (χ1v) is 9.53. The summed E-state index contributed by atoms with van der Waals surface area (Å²) >= 11 is 6.04. The zero-order valence-corrected chi connectivity index (χ0v) is 16.9. The van der Waals surface area contributed by atoms with Gasteiger partial charge >= 0.3 is 5.97 Å². The Bertz CT molecular complexity index is 1210. The number of ether oxygens (including phenoxy) is 2. The fourth-order valence-corrected chi connectivity index (χ4v) is 3.50. The number of esters is 1. The van der Waals surface area contributed by atoms with E-state index < -0.39 is 17.6 Å². The highest BCUT2D eigenvalue weighted by Gasteiger charge is 2.31. The van der Waals surface area contributed by atoms with Crippen molar-refractivity contribution in [1.29, 1.82) is 0 Å². The van der Waals surface area contributed by atoms with Crippen molar-refractivity contribution >= 4 is 29.4 Å². The van der Waals surface area contributed by atoms with Crippen LogP contribution in [-0.2, 0) is 0 Å². The summed E-state index contributed by atoms with van der Waals surface area (Å²) in [5, 5.41) is 0.166. The lowest BCUT2D eigenvalue weighted by molar-refractivity contribution is 0.0733. The smallest absolute Gasteiger partial charge is 0.343 e. The Hall–Kier alpha value is -3.44. The van der Waals surface area contributed by atoms with Crippen molar-refractivity contribution in [2.45, 2.75) is 13.8 Å². The van der Waals surface area contributed by atoms with Crippen LogP contribution in [0.4, 0.5) is 4.39 Å². The normalized spacial score (nSPS) is 13.9. The minimum atomic E-state index is -0.563. The monoisotopic (exact) mass is 422 g/mol. The number of hydrogen-bond acceptors (Lipinski definition) is 4. The molecule has 1 heterocycles. The van der Waals surface area contributed by atoms with Crippen LogP contribution in [0.5, 0.6) is 11.5 Å². The standard InChI is InChI=1S/C24H16ClFO4/c1-13-6-3-4-7-16(13)24(28)29-15-10-14(2)22-20(11-15)30-21(23(22)27)12-17-18(25)8-5-9-19(17)26/h3-12H,1-2H3/b21-12-. The number of rotatable bonds is 3. The maximum atomic E-state index is 14.1. The van der Waals surface area contributed by atoms with E-state index >= 15 is 0 Å². The first-order valence-electron chi connectivity index (χ1n) is 9.16. The average molecular weight is 423 g/mol. The van der Waals surface area contributed by atoms with Gasteiger partial charge in [0.2, 0.25) is 5.78 Å². The van der Waals surface area contributed by atoms with Gasteiger partial charge in [0.15, 0.2) is 5.76 Å². The largest absolute Gasteiger partial charge is 0.452 e. The van der Waals surface area contributed by atoms with Gasteiger partial charge in [0.1, 0.15) is 17.3 Å². The fraction of sp³-hybridized carbons (Fsp3) is 0.0833. The molecule has 0 saturated carbocycles. The highest BCUT2D eigenvalue weighted by Crippen LogP contribution is 2.38. The summed E-state index contributed by atoms with van der Waals surface area (Å²) in [7, 11) is 0. The number of Topliss-reactive ketones (excluding diaryl/α,β-unsaturated/α-hetero) is 1. The third-order valence-electron chi connectivity index (χ3n) is 4.79. The average Bonchev–Trinajstić information content (AvgIpc) is 3.01. The Balaban J connectivity index is 1.65. The van der Waals surface area contributed by atoms with Crippen LogP contribution in [0.3, 0.4) is 0 Å². The van der Waals surface area contributed by atoms with Crippen LogP contribution in [-0.4, -0.2) is 11.8 Å². The van der Waals surface area contributed by atoms with E-state index in [1.54, 1.807) is 25.1 Å². The van der Waals surface area contributed by atoms with Crippen LogP contribution in [0, 0.1) is 19.7 Å². The van der Waals surface area contributed by atoms with Crippen molar-refractivity contribution in [3.8, 4) is 11.5 Å². The van der Waals surface area contributed by atoms with Crippen LogP contribution in [0.2, 0.25) is 5.02 Å². The molecule has 30 heavy (non-hydrogen) atoms. The number of ketones is 1. The molecule has 150 valence electrons. The molecule has 0 radical (unpaired) electrons. The fourth-order valence-electron chi connectivity index (χ4n) is 3.28. The lowest BCUT2D eigenvalue weighted by Crippen LogP contribution is -2.10. The highest BCUT2D eigenvalue weighted by molar-refractivity contribution is 6.32. The number of carbonyl (C=O) groups is 2. The Kier molecular flexibility index (Phi) is 5.14. The molecule has 0 bridgehead atoms. The molecule has 1 aliphatic rings. The summed E-state index contributed by atoms with van der Waals surface area (Å²) in [6.45, 7) is 3.53. The van der Waals surface area contributed by atoms with Crippen LogP contribution in [0.25, 0.3) is 6.08 Å². The van der Waals surface area contributed by atoms with Crippen molar-refractivity contribution in [3.63, 3.8) is 0 Å². The predicted octanol–water partition coefficient (Wildman–Crippen LogP) is 5.93. The second kappa shape index (κ2) is 7.76. The molecule has 0 aromatic heterocycles. The van der Waals surface area contributed by atoms with Crippen molar-refractivity contribution < 1.29 is 23.5 Å². The molecule has 0 fully saturated rings. The van der Waals surface area contributed by atoms with Crippen molar-refractivity contribution in [1.82, 2.24) is 0 Å². The molecule has 0 aliphatic carbocycles. The third kappa shape index (κ3) is 3.60. The maximum Gasteiger partial charge on any atom is 0.343 e. The lowest BCUT2D eigenvalue weighted by Gasteiger charge is -2.09. The quantitative estimate of drug-likeness (QED) is 0.298. The van der Waals surface area contributed by atoms with Gasteiger partial charge in [0.25, 0.3) is 0 Å². The van der Waals surface area contributed by atoms with E-state index in [1.165, 1.54) is 30.3 Å². The molecule has 0 unspecified atom stereocenters. The van der Waals surface area contributed by atoms with Gasteiger partial charge in [-0.3, -0.25) is 4.79 Å². The van der Waals surface area contributed by atoms with Crippen LogP contribution in [0.1, 0.15) is 37.4 Å². The SMILES string of the molecule is Cc1ccccc1C(=O)Oc1cc(C)c2c(c1)O/C(=C\c1c(F)cccc1Cl)C2=O. The summed E-state index contributed by atoms with van der Waals surface area (Å²) in [4.78, 5) is 25.3. The number of allylic oxidation sites excluding steroid dienone is 1. The molecule has 6 heteroatoms. The van der Waals surface area contributed by atoms with Crippen LogP contribution in [0.15, 0.2) is 60.4 Å². The number of hydrogen-bond donors (Lipinski definition) is 0. The Labute approximate surface area is 177 Å². The summed E-state index contributed by atoms with van der Waals surface area (Å²) in [5.41, 5.74) is 2.22. The molecular formula is C24H16ClFO4. The molecule has 3 aromatic rings. The summed E-state index contributed by atoms with van der Waals surface area (Å²) in [6, 6.07) is 14.4. The van der Waals surface area contributed by atoms with E-state index in [0.29, 0.717) is 16.7 Å². The predicted molar refractivity (Wildman–Crippen MR) is 112 cm³/mol. The number of benzene rings is 3. The Morgan fingerprint density at radius 1 is 1.07 bits per heavy atom. The van der Waals surface area contributed by atoms with Gasteiger partial charge in [0, 0.05) is 11.6 Å². The molecule has 4 nitrogen and oxygen atoms in total. The lowest BCUT2D eigenvalue weighted by atomic mass is 10.0. The Morgan fingerprint density at radius 3 is 2.57 bits per heavy atom. The van der Waals surface area contributed by atoms with Gasteiger partial charge in [-0.2, -0.15) is 0 Å². The van der Waals surface area contributed by atoms with Crippen LogP contribution < -0.4 is 9.47 Å².